The van der Waals surface area contributed by atoms with Gasteiger partial charge in [0.15, 0.2) is 11.6 Å². The van der Waals surface area contributed by atoms with E-state index in [2.05, 4.69) is 41.0 Å². The summed E-state index contributed by atoms with van der Waals surface area (Å²) in [4.78, 5) is 9.51. The van der Waals surface area contributed by atoms with E-state index in [0.29, 0.717) is 5.92 Å². The van der Waals surface area contributed by atoms with E-state index in [1.165, 1.54) is 11.4 Å². The molecule has 0 aliphatic carbocycles. The first-order valence-electron chi connectivity index (χ1n) is 8.95. The van der Waals surface area contributed by atoms with E-state index in [1.54, 1.807) is 0 Å². The molecule has 3 rings (SSSR count). The highest BCUT2D eigenvalue weighted by Crippen LogP contribution is 2.23. The lowest BCUT2D eigenvalue weighted by Gasteiger charge is -2.22. The van der Waals surface area contributed by atoms with Crippen LogP contribution in [0.25, 0.3) is 11.3 Å². The molecule has 0 radical (unpaired) electrons. The van der Waals surface area contributed by atoms with Crippen molar-refractivity contribution >= 4 is 17.0 Å². The normalized spacial score (nSPS) is 17.1. The van der Waals surface area contributed by atoms with Gasteiger partial charge in [-0.2, -0.15) is 5.10 Å². The van der Waals surface area contributed by atoms with E-state index in [1.807, 2.05) is 31.5 Å². The Bertz CT molecular complexity index is 815. The second-order valence-corrected chi connectivity index (χ2v) is 6.96. The maximum atomic E-state index is 4.84. The van der Waals surface area contributed by atoms with Crippen molar-refractivity contribution in [2.24, 2.45) is 5.92 Å². The first-order chi connectivity index (χ1) is 12.0. The van der Waals surface area contributed by atoms with Gasteiger partial charge in [0.25, 0.3) is 0 Å². The number of aryl methyl sites for hydroxylation is 2. The van der Waals surface area contributed by atoms with Crippen molar-refractivity contribution in [1.82, 2.24) is 19.7 Å². The lowest BCUT2D eigenvalue weighted by atomic mass is 9.99. The fraction of sp³-hybridized carbons (Fsp3) is 0.450. The Labute approximate surface area is 149 Å². The van der Waals surface area contributed by atoms with E-state index in [-0.39, 0.29) is 0 Å². The maximum Gasteiger partial charge on any atom is 0.158 e. The van der Waals surface area contributed by atoms with Crippen LogP contribution in [0.3, 0.4) is 0 Å². The van der Waals surface area contributed by atoms with Gasteiger partial charge in [0, 0.05) is 24.4 Å². The molecule has 0 bridgehead atoms. The van der Waals surface area contributed by atoms with Gasteiger partial charge >= 0.3 is 0 Å². The van der Waals surface area contributed by atoms with E-state index in [9.17, 15) is 0 Å². The maximum absolute atomic E-state index is 4.84. The number of nitrogens with zero attached hydrogens (tertiary/aromatic N) is 4. The summed E-state index contributed by atoms with van der Waals surface area (Å²) >= 11 is 0. The summed E-state index contributed by atoms with van der Waals surface area (Å²) in [5.74, 6) is 2.31. The molecule has 5 heteroatoms. The SMILES string of the molecule is C=C(C)c1nc(CCc2ccc3c(n2)CC(C)CN3)nn1/C(C)=C\C. The predicted molar refractivity (Wildman–Crippen MR) is 103 cm³/mol. The molecule has 0 aromatic carbocycles. The Morgan fingerprint density at radius 2 is 2.12 bits per heavy atom. The average molecular weight is 337 g/mol. The Kier molecular flexibility index (Phi) is 5.02. The van der Waals surface area contributed by atoms with Crippen LogP contribution in [0.15, 0.2) is 24.8 Å². The molecule has 1 unspecified atom stereocenters. The van der Waals surface area contributed by atoms with Crippen molar-refractivity contribution in [1.29, 1.82) is 0 Å². The largest absolute Gasteiger partial charge is 0.383 e. The molecule has 0 saturated carbocycles. The molecule has 5 nitrogen and oxygen atoms in total. The average Bonchev–Trinajstić information content (AvgIpc) is 3.03. The number of hydrogen-bond acceptors (Lipinski definition) is 4. The molecule has 0 fully saturated rings. The number of hydrogen-bond donors (Lipinski definition) is 1. The summed E-state index contributed by atoms with van der Waals surface area (Å²) in [6.07, 6.45) is 4.70. The number of pyridine rings is 1. The smallest absolute Gasteiger partial charge is 0.158 e. The van der Waals surface area contributed by atoms with Gasteiger partial charge in [-0.15, -0.1) is 0 Å². The highest BCUT2D eigenvalue weighted by atomic mass is 15.4. The molecule has 3 heterocycles. The van der Waals surface area contributed by atoms with Crippen molar-refractivity contribution in [3.8, 4) is 0 Å². The zero-order chi connectivity index (χ0) is 18.0. The molecule has 0 amide bonds. The highest BCUT2D eigenvalue weighted by Gasteiger charge is 2.17. The molecular weight excluding hydrogens is 310 g/mol. The third-order valence-electron chi connectivity index (χ3n) is 4.60. The number of rotatable bonds is 5. The molecule has 1 N–H and O–H groups in total. The fourth-order valence-corrected chi connectivity index (χ4v) is 3.03. The van der Waals surface area contributed by atoms with Crippen molar-refractivity contribution < 1.29 is 0 Å². The van der Waals surface area contributed by atoms with Gasteiger partial charge < -0.3 is 5.32 Å². The molecule has 25 heavy (non-hydrogen) atoms. The number of allylic oxidation sites excluding steroid dienone is 3. The van der Waals surface area contributed by atoms with Crippen LogP contribution in [0.2, 0.25) is 0 Å². The lowest BCUT2D eigenvalue weighted by molar-refractivity contribution is 0.581. The van der Waals surface area contributed by atoms with Gasteiger partial charge in [-0.25, -0.2) is 9.67 Å². The predicted octanol–water partition coefficient (Wildman–Crippen LogP) is 3.98. The van der Waals surface area contributed by atoms with Crippen molar-refractivity contribution in [2.75, 3.05) is 11.9 Å². The van der Waals surface area contributed by atoms with E-state index < -0.39 is 0 Å². The number of aromatic nitrogens is 4. The van der Waals surface area contributed by atoms with Crippen LogP contribution in [0.5, 0.6) is 0 Å². The van der Waals surface area contributed by atoms with Crippen LogP contribution in [0.1, 0.15) is 50.7 Å². The Morgan fingerprint density at radius 3 is 2.84 bits per heavy atom. The molecule has 132 valence electrons. The van der Waals surface area contributed by atoms with Gasteiger partial charge in [0.1, 0.15) is 0 Å². The molecule has 1 atom stereocenters. The zero-order valence-corrected chi connectivity index (χ0v) is 15.6. The van der Waals surface area contributed by atoms with Crippen LogP contribution in [-0.2, 0) is 19.3 Å². The molecule has 2 aromatic rings. The highest BCUT2D eigenvalue weighted by molar-refractivity contribution is 5.59. The van der Waals surface area contributed by atoms with Gasteiger partial charge in [0.05, 0.1) is 11.4 Å². The summed E-state index contributed by atoms with van der Waals surface area (Å²) in [7, 11) is 0. The standard InChI is InChI=1S/C20H27N5/c1-6-15(5)25-20(13(2)3)23-19(24-25)10-8-16-7-9-17-18(22-16)11-14(4)12-21-17/h6-7,9,14,21H,2,8,10-12H2,1,3-5H3/b15-6-. The lowest BCUT2D eigenvalue weighted by Crippen LogP contribution is -2.22. The van der Waals surface area contributed by atoms with Crippen LogP contribution in [-0.4, -0.2) is 26.3 Å². The van der Waals surface area contributed by atoms with E-state index in [4.69, 9.17) is 4.98 Å². The molecule has 0 saturated heterocycles. The quantitative estimate of drug-likeness (QED) is 0.897. The Morgan fingerprint density at radius 1 is 1.32 bits per heavy atom. The summed E-state index contributed by atoms with van der Waals surface area (Å²) in [6.45, 7) is 13.3. The molecule has 1 aliphatic heterocycles. The molecule has 1 aliphatic rings. The van der Waals surface area contributed by atoms with E-state index >= 15 is 0 Å². The third-order valence-corrected chi connectivity index (χ3v) is 4.60. The zero-order valence-electron chi connectivity index (χ0n) is 15.6. The number of anilines is 1. The van der Waals surface area contributed by atoms with Crippen LogP contribution in [0, 0.1) is 5.92 Å². The van der Waals surface area contributed by atoms with Crippen molar-refractivity contribution in [3.05, 3.63) is 47.8 Å². The van der Waals surface area contributed by atoms with Crippen molar-refractivity contribution in [2.45, 2.75) is 47.0 Å². The fourth-order valence-electron chi connectivity index (χ4n) is 3.03. The Balaban J connectivity index is 1.76. The van der Waals surface area contributed by atoms with Gasteiger partial charge in [-0.3, -0.25) is 4.98 Å². The summed E-state index contributed by atoms with van der Waals surface area (Å²) in [5, 5.41) is 8.10. The van der Waals surface area contributed by atoms with Gasteiger partial charge in [-0.1, -0.05) is 19.6 Å². The number of fused-ring (bicyclic) bond motifs is 1. The van der Waals surface area contributed by atoms with E-state index in [0.717, 1.165) is 54.4 Å². The minimum absolute atomic E-state index is 0.634. The monoisotopic (exact) mass is 337 g/mol. The van der Waals surface area contributed by atoms with Gasteiger partial charge in [-0.05, 0) is 57.2 Å². The Hall–Kier alpha value is -2.43. The third kappa shape index (κ3) is 3.81. The van der Waals surface area contributed by atoms with Crippen LogP contribution < -0.4 is 5.32 Å². The molecule has 0 spiro atoms. The molecular formula is C20H27N5. The number of nitrogens with one attached hydrogen (secondary N) is 1. The first kappa shape index (κ1) is 17.4. The topological polar surface area (TPSA) is 55.6 Å². The van der Waals surface area contributed by atoms with Crippen LogP contribution in [0.4, 0.5) is 5.69 Å². The van der Waals surface area contributed by atoms with Crippen LogP contribution >= 0.6 is 0 Å². The second-order valence-electron chi connectivity index (χ2n) is 6.96. The minimum atomic E-state index is 0.634. The molecule has 2 aromatic heterocycles. The summed E-state index contributed by atoms with van der Waals surface area (Å²) in [5.41, 5.74) is 5.45. The minimum Gasteiger partial charge on any atom is -0.383 e. The first-order valence-corrected chi connectivity index (χ1v) is 8.95. The van der Waals surface area contributed by atoms with Crippen molar-refractivity contribution in [3.63, 3.8) is 0 Å². The summed E-state index contributed by atoms with van der Waals surface area (Å²) in [6, 6.07) is 4.26. The second kappa shape index (κ2) is 7.21. The van der Waals surface area contributed by atoms with Gasteiger partial charge in [0.2, 0.25) is 0 Å². The summed E-state index contributed by atoms with van der Waals surface area (Å²) < 4.78 is 1.88.